The number of nitrogens with zero attached hydrogens (tertiary/aromatic N) is 2. The molecule has 0 unspecified atom stereocenters. The minimum absolute atomic E-state index is 0.0422. The minimum Gasteiger partial charge on any atom is -0.324 e. The molecule has 0 aliphatic carbocycles. The van der Waals surface area contributed by atoms with E-state index in [0.29, 0.717) is 11.6 Å². The Morgan fingerprint density at radius 2 is 1.87 bits per heavy atom. The van der Waals surface area contributed by atoms with Crippen LogP contribution in [0.15, 0.2) is 53.6 Å². The zero-order valence-electron chi connectivity index (χ0n) is 12.4. The molecule has 1 N–H and O–H groups in total. The van der Waals surface area contributed by atoms with Crippen molar-refractivity contribution in [3.63, 3.8) is 0 Å². The van der Waals surface area contributed by atoms with Crippen LogP contribution in [0.4, 0.5) is 5.69 Å². The summed E-state index contributed by atoms with van der Waals surface area (Å²) in [6.45, 7) is 1.86. The van der Waals surface area contributed by atoms with Crippen LogP contribution in [-0.2, 0) is 4.79 Å². The van der Waals surface area contributed by atoms with Gasteiger partial charge in [0, 0.05) is 8.96 Å². The lowest BCUT2D eigenvalue weighted by Gasteiger charge is -2.08. The molecule has 0 aliphatic rings. The first-order chi connectivity index (χ1) is 11.1. The Morgan fingerprint density at radius 1 is 1.13 bits per heavy atom. The topological polar surface area (TPSA) is 54.9 Å². The zero-order chi connectivity index (χ0) is 16.2. The summed E-state index contributed by atoms with van der Waals surface area (Å²) in [4.78, 5) is 21.1. The largest absolute Gasteiger partial charge is 0.324 e. The standard InChI is InChI=1S/C17H14IN3OS/c1-11-19-14-8-4-2-6-12(14)17(20-11)23-10-16(22)21-15-9-5-3-7-13(15)18/h2-9H,10H2,1H3,(H,21,22). The molecular weight excluding hydrogens is 421 g/mol. The summed E-state index contributed by atoms with van der Waals surface area (Å²) in [7, 11) is 0. The molecule has 0 aliphatic heterocycles. The molecule has 23 heavy (non-hydrogen) atoms. The average Bonchev–Trinajstić information content (AvgIpc) is 2.54. The average molecular weight is 435 g/mol. The van der Waals surface area contributed by atoms with Crippen molar-refractivity contribution in [3.05, 3.63) is 57.9 Å². The van der Waals surface area contributed by atoms with Gasteiger partial charge in [0.2, 0.25) is 5.91 Å². The van der Waals surface area contributed by atoms with Crippen molar-refractivity contribution in [2.45, 2.75) is 11.9 Å². The second-order valence-corrected chi connectivity index (χ2v) is 7.04. The van der Waals surface area contributed by atoms with Gasteiger partial charge in [-0.15, -0.1) is 0 Å². The second kappa shape index (κ2) is 7.27. The van der Waals surface area contributed by atoms with Gasteiger partial charge in [-0.3, -0.25) is 4.79 Å². The highest BCUT2D eigenvalue weighted by atomic mass is 127. The normalized spacial score (nSPS) is 10.7. The lowest BCUT2D eigenvalue weighted by atomic mass is 10.2. The van der Waals surface area contributed by atoms with Crippen molar-refractivity contribution in [3.8, 4) is 0 Å². The van der Waals surface area contributed by atoms with Gasteiger partial charge in [0.05, 0.1) is 17.0 Å². The Morgan fingerprint density at radius 3 is 2.70 bits per heavy atom. The number of aryl methyl sites for hydroxylation is 1. The van der Waals surface area contributed by atoms with Gasteiger partial charge in [-0.25, -0.2) is 9.97 Å². The number of hydrogen-bond acceptors (Lipinski definition) is 4. The predicted octanol–water partition coefficient (Wildman–Crippen LogP) is 4.27. The summed E-state index contributed by atoms with van der Waals surface area (Å²) in [5.41, 5.74) is 1.74. The van der Waals surface area contributed by atoms with Crippen LogP contribution in [0, 0.1) is 10.5 Å². The van der Waals surface area contributed by atoms with Crippen molar-refractivity contribution in [2.24, 2.45) is 0 Å². The summed E-state index contributed by atoms with van der Waals surface area (Å²) >= 11 is 3.64. The third-order valence-electron chi connectivity index (χ3n) is 3.17. The lowest BCUT2D eigenvalue weighted by molar-refractivity contribution is -0.113. The summed E-state index contributed by atoms with van der Waals surface area (Å²) in [6, 6.07) is 15.6. The van der Waals surface area contributed by atoms with E-state index in [1.165, 1.54) is 11.8 Å². The first kappa shape index (κ1) is 16.2. The predicted molar refractivity (Wildman–Crippen MR) is 103 cm³/mol. The first-order valence-electron chi connectivity index (χ1n) is 7.04. The Kier molecular flexibility index (Phi) is 5.12. The van der Waals surface area contributed by atoms with Crippen LogP contribution in [-0.4, -0.2) is 21.6 Å². The number of halogens is 1. The third-order valence-corrected chi connectivity index (χ3v) is 5.10. The molecule has 0 fully saturated rings. The molecule has 4 nitrogen and oxygen atoms in total. The van der Waals surface area contributed by atoms with Crippen molar-refractivity contribution in [2.75, 3.05) is 11.1 Å². The molecule has 0 spiro atoms. The number of hydrogen-bond donors (Lipinski definition) is 1. The highest BCUT2D eigenvalue weighted by Gasteiger charge is 2.10. The number of anilines is 1. The van der Waals surface area contributed by atoms with Crippen molar-refractivity contribution in [1.29, 1.82) is 0 Å². The van der Waals surface area contributed by atoms with Crippen molar-refractivity contribution in [1.82, 2.24) is 9.97 Å². The molecule has 1 amide bonds. The van der Waals surface area contributed by atoms with E-state index in [1.807, 2.05) is 55.5 Å². The number of rotatable bonds is 4. The molecule has 116 valence electrons. The maximum Gasteiger partial charge on any atom is 0.234 e. The number of nitrogens with one attached hydrogen (secondary N) is 1. The van der Waals surface area contributed by atoms with Crippen molar-refractivity contribution >= 4 is 56.9 Å². The summed E-state index contributed by atoms with van der Waals surface area (Å²) in [6.07, 6.45) is 0. The maximum atomic E-state index is 12.2. The minimum atomic E-state index is -0.0422. The van der Waals surface area contributed by atoms with Gasteiger partial charge in [-0.2, -0.15) is 0 Å². The fourth-order valence-electron chi connectivity index (χ4n) is 2.15. The molecule has 2 aromatic carbocycles. The summed E-state index contributed by atoms with van der Waals surface area (Å²) < 4.78 is 1.02. The van der Waals surface area contributed by atoms with Crippen molar-refractivity contribution < 1.29 is 4.79 Å². The maximum absolute atomic E-state index is 12.2. The molecule has 3 aromatic rings. The molecule has 0 bridgehead atoms. The lowest BCUT2D eigenvalue weighted by Crippen LogP contribution is -2.15. The monoisotopic (exact) mass is 435 g/mol. The van der Waals surface area contributed by atoms with E-state index in [4.69, 9.17) is 0 Å². The number of carbonyl (C=O) groups is 1. The van der Waals surface area contributed by atoms with Gasteiger partial charge >= 0.3 is 0 Å². The van der Waals surface area contributed by atoms with Gasteiger partial charge in [0.1, 0.15) is 10.9 Å². The molecule has 6 heteroatoms. The first-order valence-corrected chi connectivity index (χ1v) is 9.10. The van der Waals surface area contributed by atoms with Gasteiger partial charge in [-0.05, 0) is 47.7 Å². The molecule has 3 rings (SSSR count). The number of benzene rings is 2. The van der Waals surface area contributed by atoms with Crippen LogP contribution >= 0.6 is 34.4 Å². The van der Waals surface area contributed by atoms with Crippen LogP contribution in [0.5, 0.6) is 0 Å². The summed E-state index contributed by atoms with van der Waals surface area (Å²) in [5.74, 6) is 0.981. The number of amides is 1. The number of thioether (sulfide) groups is 1. The quantitative estimate of drug-likeness (QED) is 0.378. The number of carbonyl (C=O) groups excluding carboxylic acids is 1. The fraction of sp³-hybridized carbons (Fsp3) is 0.118. The Balaban J connectivity index is 1.73. The molecule has 1 aromatic heterocycles. The third kappa shape index (κ3) is 4.00. The molecule has 0 atom stereocenters. The van der Waals surface area contributed by atoms with Crippen LogP contribution in [0.1, 0.15) is 5.82 Å². The van der Waals surface area contributed by atoms with Crippen LogP contribution in [0.2, 0.25) is 0 Å². The van der Waals surface area contributed by atoms with Gasteiger partial charge in [0.15, 0.2) is 0 Å². The van der Waals surface area contributed by atoms with E-state index in [-0.39, 0.29) is 5.91 Å². The molecular formula is C17H14IN3OS. The zero-order valence-corrected chi connectivity index (χ0v) is 15.4. The van der Waals surface area contributed by atoms with E-state index in [1.54, 1.807) is 0 Å². The van der Waals surface area contributed by atoms with Crippen LogP contribution in [0.3, 0.4) is 0 Å². The Hall–Kier alpha value is -1.67. The Bertz CT molecular complexity index is 869. The Labute approximate surface area is 152 Å². The number of fused-ring (bicyclic) bond motifs is 1. The van der Waals surface area contributed by atoms with Crippen LogP contribution < -0.4 is 5.32 Å². The summed E-state index contributed by atoms with van der Waals surface area (Å²) in [5, 5.41) is 4.75. The van der Waals surface area contributed by atoms with Crippen LogP contribution in [0.25, 0.3) is 10.9 Å². The fourth-order valence-corrected chi connectivity index (χ4v) is 3.54. The smallest absolute Gasteiger partial charge is 0.234 e. The van der Waals surface area contributed by atoms with E-state index in [0.717, 1.165) is 25.2 Å². The highest BCUT2D eigenvalue weighted by Crippen LogP contribution is 2.25. The molecule has 0 saturated carbocycles. The number of aromatic nitrogens is 2. The highest BCUT2D eigenvalue weighted by molar-refractivity contribution is 14.1. The van der Waals surface area contributed by atoms with Gasteiger partial charge in [-0.1, -0.05) is 42.1 Å². The molecule has 0 saturated heterocycles. The van der Waals surface area contributed by atoms with E-state index in [9.17, 15) is 4.79 Å². The SMILES string of the molecule is Cc1nc(SCC(=O)Nc2ccccc2I)c2ccccc2n1. The molecule has 0 radical (unpaired) electrons. The number of para-hydroxylation sites is 2. The van der Waals surface area contributed by atoms with E-state index in [2.05, 4.69) is 37.9 Å². The van der Waals surface area contributed by atoms with Gasteiger partial charge < -0.3 is 5.32 Å². The second-order valence-electron chi connectivity index (χ2n) is 4.91. The van der Waals surface area contributed by atoms with Gasteiger partial charge in [0.25, 0.3) is 0 Å². The molecule has 1 heterocycles. The van der Waals surface area contributed by atoms with E-state index >= 15 is 0 Å². The van der Waals surface area contributed by atoms with E-state index < -0.39 is 0 Å².